The fourth-order valence-electron chi connectivity index (χ4n) is 2.63. The normalized spacial score (nSPS) is 12.0. The Morgan fingerprint density at radius 2 is 2.00 bits per heavy atom. The van der Waals surface area contributed by atoms with Gasteiger partial charge in [0.15, 0.2) is 6.10 Å². The number of benzene rings is 1. The summed E-state index contributed by atoms with van der Waals surface area (Å²) in [5.41, 5.74) is 2.63. The Hall–Kier alpha value is -2.98. The zero-order valence-electron chi connectivity index (χ0n) is 14.8. The summed E-state index contributed by atoms with van der Waals surface area (Å²) in [6, 6.07) is 9.65. The average molecular weight is 371 g/mol. The molecule has 0 saturated carbocycles. The van der Waals surface area contributed by atoms with Gasteiger partial charge in [-0.15, -0.1) is 0 Å². The molecular formula is C20H19F2N3O2. The van der Waals surface area contributed by atoms with Crippen molar-refractivity contribution in [1.82, 2.24) is 14.7 Å². The number of nitrogens with zero attached hydrogens (tertiary/aromatic N) is 3. The summed E-state index contributed by atoms with van der Waals surface area (Å²) < 4.78 is 32.0. The van der Waals surface area contributed by atoms with Crippen LogP contribution in [0.3, 0.4) is 0 Å². The molecule has 1 N–H and O–H groups in total. The van der Waals surface area contributed by atoms with Crippen molar-refractivity contribution < 1.29 is 18.4 Å². The van der Waals surface area contributed by atoms with Gasteiger partial charge in [0.25, 0.3) is 6.43 Å². The Balaban J connectivity index is 1.69. The van der Waals surface area contributed by atoms with E-state index in [9.17, 15) is 13.9 Å². The van der Waals surface area contributed by atoms with Gasteiger partial charge < -0.3 is 14.2 Å². The minimum absolute atomic E-state index is 0.118. The highest BCUT2D eigenvalue weighted by Gasteiger charge is 2.24. The Morgan fingerprint density at radius 1 is 1.22 bits per heavy atom. The van der Waals surface area contributed by atoms with Gasteiger partial charge in [-0.05, 0) is 30.0 Å². The number of aliphatic hydroxyl groups excluding tert-OH is 1. The average Bonchev–Trinajstić information content (AvgIpc) is 3.30. The first-order chi connectivity index (χ1) is 13.1. The van der Waals surface area contributed by atoms with Crippen molar-refractivity contribution in [2.75, 3.05) is 0 Å². The maximum Gasteiger partial charge on any atom is 0.271 e. The molecule has 0 amide bonds. The fraction of sp³-hybridized carbons (Fsp3) is 0.300. The minimum atomic E-state index is -2.91. The Kier molecular flexibility index (Phi) is 5.99. The van der Waals surface area contributed by atoms with Gasteiger partial charge in [0.1, 0.15) is 11.5 Å². The molecule has 0 aliphatic rings. The Labute approximate surface area is 155 Å². The smallest absolute Gasteiger partial charge is 0.271 e. The lowest BCUT2D eigenvalue weighted by molar-refractivity contribution is -0.0126. The summed E-state index contributed by atoms with van der Waals surface area (Å²) in [5, 5.41) is 13.4. The second kappa shape index (κ2) is 8.60. The van der Waals surface area contributed by atoms with Crippen LogP contribution in [0.25, 0.3) is 0 Å². The molecular weight excluding hydrogens is 352 g/mol. The molecule has 5 nitrogen and oxygen atoms in total. The van der Waals surface area contributed by atoms with Gasteiger partial charge >= 0.3 is 0 Å². The number of halogens is 2. The molecule has 2 heterocycles. The third kappa shape index (κ3) is 4.80. The zero-order chi connectivity index (χ0) is 19.2. The van der Waals surface area contributed by atoms with Crippen LogP contribution in [0.1, 0.15) is 47.9 Å². The van der Waals surface area contributed by atoms with Crippen LogP contribution in [0.5, 0.6) is 0 Å². The Bertz CT molecular complexity index is 936. The molecule has 1 atom stereocenters. The molecule has 7 heteroatoms. The van der Waals surface area contributed by atoms with E-state index in [1.165, 1.54) is 22.5 Å². The van der Waals surface area contributed by atoms with E-state index in [1.807, 2.05) is 24.3 Å². The molecule has 1 unspecified atom stereocenters. The van der Waals surface area contributed by atoms with E-state index in [0.29, 0.717) is 11.5 Å². The number of hydrogen-bond donors (Lipinski definition) is 1. The number of aliphatic hydroxyl groups is 1. The summed E-state index contributed by atoms with van der Waals surface area (Å²) in [6.07, 6.45) is 0.132. The standard InChI is InChI=1S/C20H19F2N3O2/c1-2-3-14-4-6-15(7-5-14)8-9-17-12-16(24-27-17)13-25-11-10-23-20(25)18(26)19(21)22/h4-7,10-12,18-19,26H,2-3,13H2,1H3. The number of imidazole rings is 1. The van der Waals surface area contributed by atoms with E-state index in [0.717, 1.165) is 18.4 Å². The number of aryl methyl sites for hydroxylation is 1. The van der Waals surface area contributed by atoms with Crippen LogP contribution in [0, 0.1) is 11.8 Å². The fourth-order valence-corrected chi connectivity index (χ4v) is 2.63. The summed E-state index contributed by atoms with van der Waals surface area (Å²) in [5.74, 6) is 6.16. The van der Waals surface area contributed by atoms with E-state index in [2.05, 4.69) is 28.9 Å². The molecule has 27 heavy (non-hydrogen) atoms. The van der Waals surface area contributed by atoms with Crippen molar-refractivity contribution in [2.45, 2.75) is 38.8 Å². The highest BCUT2D eigenvalue weighted by atomic mass is 19.3. The van der Waals surface area contributed by atoms with Gasteiger partial charge in [-0.3, -0.25) is 0 Å². The molecule has 1 aromatic carbocycles. The van der Waals surface area contributed by atoms with Gasteiger partial charge in [-0.2, -0.15) is 0 Å². The molecule has 0 radical (unpaired) electrons. The topological polar surface area (TPSA) is 64.1 Å². The van der Waals surface area contributed by atoms with E-state index >= 15 is 0 Å². The van der Waals surface area contributed by atoms with Gasteiger partial charge in [0.05, 0.1) is 6.54 Å². The summed E-state index contributed by atoms with van der Waals surface area (Å²) in [4.78, 5) is 3.78. The van der Waals surface area contributed by atoms with Crippen molar-refractivity contribution in [3.8, 4) is 11.8 Å². The van der Waals surface area contributed by atoms with Crippen LogP contribution in [0.15, 0.2) is 47.2 Å². The second-order valence-corrected chi connectivity index (χ2v) is 6.07. The molecule has 140 valence electrons. The summed E-state index contributed by atoms with van der Waals surface area (Å²) in [6.45, 7) is 2.28. The molecule has 0 aliphatic carbocycles. The van der Waals surface area contributed by atoms with Crippen LogP contribution in [-0.4, -0.2) is 26.2 Å². The van der Waals surface area contributed by atoms with E-state index < -0.39 is 12.5 Å². The lowest BCUT2D eigenvalue weighted by Gasteiger charge is -2.11. The van der Waals surface area contributed by atoms with Crippen molar-refractivity contribution in [3.05, 3.63) is 71.1 Å². The van der Waals surface area contributed by atoms with E-state index in [1.54, 1.807) is 6.07 Å². The third-order valence-corrected chi connectivity index (χ3v) is 3.96. The first-order valence-electron chi connectivity index (χ1n) is 8.60. The molecule has 0 spiro atoms. The molecule has 0 saturated heterocycles. The zero-order valence-corrected chi connectivity index (χ0v) is 14.8. The predicted molar refractivity (Wildman–Crippen MR) is 95.2 cm³/mol. The third-order valence-electron chi connectivity index (χ3n) is 3.96. The van der Waals surface area contributed by atoms with Crippen LogP contribution < -0.4 is 0 Å². The van der Waals surface area contributed by atoms with E-state index in [-0.39, 0.29) is 12.4 Å². The first-order valence-corrected chi connectivity index (χ1v) is 8.60. The molecule has 0 aliphatic heterocycles. The highest BCUT2D eigenvalue weighted by Crippen LogP contribution is 2.19. The highest BCUT2D eigenvalue weighted by molar-refractivity contribution is 5.40. The Morgan fingerprint density at radius 3 is 2.70 bits per heavy atom. The lowest BCUT2D eigenvalue weighted by Crippen LogP contribution is -2.15. The largest absolute Gasteiger partial charge is 0.379 e. The number of aromatic nitrogens is 3. The van der Waals surface area contributed by atoms with Crippen molar-refractivity contribution in [3.63, 3.8) is 0 Å². The van der Waals surface area contributed by atoms with Crippen molar-refractivity contribution in [1.29, 1.82) is 0 Å². The van der Waals surface area contributed by atoms with Crippen LogP contribution in [0.4, 0.5) is 8.78 Å². The first kappa shape index (κ1) is 18.8. The van der Waals surface area contributed by atoms with Crippen molar-refractivity contribution in [2.24, 2.45) is 0 Å². The molecule has 3 rings (SSSR count). The monoisotopic (exact) mass is 371 g/mol. The SMILES string of the molecule is CCCc1ccc(C#Cc2cc(Cn3ccnc3C(O)C(F)F)no2)cc1. The molecule has 0 bridgehead atoms. The summed E-state index contributed by atoms with van der Waals surface area (Å²) in [7, 11) is 0. The number of alkyl halides is 2. The number of rotatable bonds is 6. The maximum atomic E-state index is 12.7. The van der Waals surface area contributed by atoms with Crippen molar-refractivity contribution >= 4 is 0 Å². The van der Waals surface area contributed by atoms with Gasteiger partial charge in [-0.1, -0.05) is 36.6 Å². The lowest BCUT2D eigenvalue weighted by atomic mass is 10.1. The van der Waals surface area contributed by atoms with Crippen LogP contribution in [0.2, 0.25) is 0 Å². The van der Waals surface area contributed by atoms with Crippen LogP contribution in [-0.2, 0) is 13.0 Å². The predicted octanol–water partition coefficient (Wildman–Crippen LogP) is 3.57. The van der Waals surface area contributed by atoms with Gasteiger partial charge in [0.2, 0.25) is 5.76 Å². The minimum Gasteiger partial charge on any atom is -0.379 e. The maximum absolute atomic E-state index is 12.7. The molecule has 3 aromatic rings. The van der Waals surface area contributed by atoms with Gasteiger partial charge in [-0.25, -0.2) is 13.8 Å². The summed E-state index contributed by atoms with van der Waals surface area (Å²) >= 11 is 0. The van der Waals surface area contributed by atoms with Crippen LogP contribution >= 0.6 is 0 Å². The van der Waals surface area contributed by atoms with Gasteiger partial charge in [0, 0.05) is 24.0 Å². The second-order valence-electron chi connectivity index (χ2n) is 6.07. The molecule has 2 aromatic heterocycles. The quantitative estimate of drug-likeness (QED) is 0.673. The van der Waals surface area contributed by atoms with E-state index in [4.69, 9.17) is 4.52 Å². The molecule has 0 fully saturated rings. The number of hydrogen-bond acceptors (Lipinski definition) is 4.